The van der Waals surface area contributed by atoms with Crippen LogP contribution in [-0.4, -0.2) is 23.1 Å². The summed E-state index contributed by atoms with van der Waals surface area (Å²) in [6.07, 6.45) is 1.82. The van der Waals surface area contributed by atoms with Crippen LogP contribution in [-0.2, 0) is 4.79 Å². The lowest BCUT2D eigenvalue weighted by molar-refractivity contribution is -0.123. The van der Waals surface area contributed by atoms with Gasteiger partial charge in [-0.05, 0) is 60.7 Å². The Labute approximate surface area is 191 Å². The molecule has 0 unspecified atom stereocenters. The zero-order valence-corrected chi connectivity index (χ0v) is 18.7. The molecule has 1 fully saturated rings. The second kappa shape index (κ2) is 9.41. The van der Waals surface area contributed by atoms with Gasteiger partial charge in [-0.15, -0.1) is 0 Å². The van der Waals surface area contributed by atoms with Gasteiger partial charge in [0.2, 0.25) is 0 Å². The fourth-order valence-electron chi connectivity index (χ4n) is 3.36. The third-order valence-electron chi connectivity index (χ3n) is 4.97. The van der Waals surface area contributed by atoms with Crippen molar-refractivity contribution in [2.75, 3.05) is 7.11 Å². The van der Waals surface area contributed by atoms with Crippen LogP contribution < -0.4 is 4.74 Å². The molecule has 31 heavy (non-hydrogen) atoms. The minimum absolute atomic E-state index is 0.0990. The van der Waals surface area contributed by atoms with Crippen molar-refractivity contribution < 1.29 is 9.53 Å². The topological polar surface area (TPSA) is 41.9 Å². The van der Waals surface area contributed by atoms with E-state index in [1.165, 1.54) is 11.8 Å². The number of amidine groups is 1. The van der Waals surface area contributed by atoms with E-state index < -0.39 is 0 Å². The Bertz CT molecular complexity index is 1150. The highest BCUT2D eigenvalue weighted by Crippen LogP contribution is 2.40. The summed E-state index contributed by atoms with van der Waals surface area (Å²) in [5.74, 6) is 0.555. The van der Waals surface area contributed by atoms with Gasteiger partial charge in [-0.3, -0.25) is 9.69 Å². The fourth-order valence-corrected chi connectivity index (χ4v) is 4.60. The molecule has 0 N–H and O–H groups in total. The van der Waals surface area contributed by atoms with Crippen LogP contribution >= 0.6 is 23.4 Å². The summed E-state index contributed by atoms with van der Waals surface area (Å²) in [6, 6.07) is 24.8. The first kappa shape index (κ1) is 21.2. The van der Waals surface area contributed by atoms with Crippen molar-refractivity contribution in [1.29, 1.82) is 0 Å². The number of thioether (sulfide) groups is 1. The van der Waals surface area contributed by atoms with Crippen LogP contribution in [0, 0.1) is 0 Å². The monoisotopic (exact) mass is 448 g/mol. The van der Waals surface area contributed by atoms with Crippen LogP contribution in [0.1, 0.15) is 24.1 Å². The predicted octanol–water partition coefficient (Wildman–Crippen LogP) is 6.71. The van der Waals surface area contributed by atoms with Crippen molar-refractivity contribution >= 4 is 46.2 Å². The zero-order chi connectivity index (χ0) is 21.8. The maximum atomic E-state index is 13.5. The van der Waals surface area contributed by atoms with Gasteiger partial charge in [0.05, 0.1) is 23.7 Å². The largest absolute Gasteiger partial charge is 0.496 e. The Kier molecular flexibility index (Phi) is 6.44. The molecule has 4 rings (SSSR count). The summed E-state index contributed by atoms with van der Waals surface area (Å²) in [7, 11) is 1.60. The van der Waals surface area contributed by atoms with E-state index in [0.29, 0.717) is 20.8 Å². The number of nitrogens with zero attached hydrogens (tertiary/aromatic N) is 2. The van der Waals surface area contributed by atoms with Gasteiger partial charge >= 0.3 is 0 Å². The number of rotatable bonds is 5. The van der Waals surface area contributed by atoms with Gasteiger partial charge in [-0.2, -0.15) is 0 Å². The zero-order valence-electron chi connectivity index (χ0n) is 17.2. The number of amides is 1. The van der Waals surface area contributed by atoms with Crippen LogP contribution in [0.3, 0.4) is 0 Å². The summed E-state index contributed by atoms with van der Waals surface area (Å²) >= 11 is 7.53. The quantitative estimate of drug-likeness (QED) is 0.407. The van der Waals surface area contributed by atoms with Crippen molar-refractivity contribution in [3.05, 3.63) is 99.9 Å². The average Bonchev–Trinajstić information content (AvgIpc) is 3.09. The van der Waals surface area contributed by atoms with Crippen LogP contribution in [0.5, 0.6) is 5.75 Å². The van der Waals surface area contributed by atoms with Crippen molar-refractivity contribution in [1.82, 2.24) is 4.90 Å². The van der Waals surface area contributed by atoms with Crippen molar-refractivity contribution in [3.8, 4) is 5.75 Å². The number of hydrogen-bond acceptors (Lipinski definition) is 4. The molecule has 1 heterocycles. The molecule has 3 aromatic carbocycles. The number of halogens is 1. The average molecular weight is 449 g/mol. The maximum Gasteiger partial charge on any atom is 0.267 e. The highest BCUT2D eigenvalue weighted by atomic mass is 35.5. The molecular formula is C25H21ClN2O2S. The van der Waals surface area contributed by atoms with Crippen LogP contribution in [0.25, 0.3) is 6.08 Å². The Morgan fingerprint density at radius 3 is 2.39 bits per heavy atom. The van der Waals surface area contributed by atoms with Gasteiger partial charge in [0.25, 0.3) is 5.91 Å². The smallest absolute Gasteiger partial charge is 0.267 e. The number of carbonyl (C=O) groups is 1. The maximum absolute atomic E-state index is 13.5. The van der Waals surface area contributed by atoms with E-state index >= 15 is 0 Å². The lowest BCUT2D eigenvalue weighted by Gasteiger charge is -2.24. The standard InChI is InChI=1S/C25H21ClN2O2S/c1-17(18-9-5-3-6-10-18)28-24(29)23(16-19-15-20(26)13-14-22(19)30-2)31-25(28)27-21-11-7-4-8-12-21/h3-17H,1-2H3/b23-16+,27-25?/t17-/m1/s1. The van der Waals surface area contributed by atoms with E-state index in [4.69, 9.17) is 21.3 Å². The number of benzene rings is 3. The Morgan fingerprint density at radius 2 is 1.71 bits per heavy atom. The molecule has 4 nitrogen and oxygen atoms in total. The number of carbonyl (C=O) groups excluding carboxylic acids is 1. The number of hydrogen-bond donors (Lipinski definition) is 0. The minimum atomic E-state index is -0.171. The van der Waals surface area contributed by atoms with Crippen LogP contribution in [0.15, 0.2) is 88.8 Å². The van der Waals surface area contributed by atoms with Crippen molar-refractivity contribution in [2.45, 2.75) is 13.0 Å². The molecular weight excluding hydrogens is 428 g/mol. The van der Waals surface area contributed by atoms with Crippen LogP contribution in [0.4, 0.5) is 5.69 Å². The summed E-state index contributed by atoms with van der Waals surface area (Å²) < 4.78 is 5.44. The van der Waals surface area contributed by atoms with E-state index in [9.17, 15) is 4.79 Å². The molecule has 0 saturated carbocycles. The second-order valence-electron chi connectivity index (χ2n) is 6.99. The van der Waals surface area contributed by atoms with Gasteiger partial charge in [-0.1, -0.05) is 60.1 Å². The summed E-state index contributed by atoms with van der Waals surface area (Å²) in [6.45, 7) is 2.01. The molecule has 1 aliphatic heterocycles. The molecule has 6 heteroatoms. The summed E-state index contributed by atoms with van der Waals surface area (Å²) in [5.41, 5.74) is 2.59. The van der Waals surface area contributed by atoms with Gasteiger partial charge < -0.3 is 4.74 Å². The normalized spacial score (nSPS) is 17.4. The van der Waals surface area contributed by atoms with E-state index in [-0.39, 0.29) is 11.9 Å². The van der Waals surface area contributed by atoms with Gasteiger partial charge in [0.15, 0.2) is 5.17 Å². The SMILES string of the molecule is COc1ccc(Cl)cc1/C=C1/SC(=Nc2ccccc2)N([C@H](C)c2ccccc2)C1=O. The number of aliphatic imine (C=N–C) groups is 1. The molecule has 0 aromatic heterocycles. The Hall–Kier alpha value is -3.02. The lowest BCUT2D eigenvalue weighted by atomic mass is 10.1. The molecule has 0 aliphatic carbocycles. The van der Waals surface area contributed by atoms with E-state index in [1.54, 1.807) is 30.2 Å². The molecule has 0 spiro atoms. The highest BCUT2D eigenvalue weighted by molar-refractivity contribution is 8.18. The summed E-state index contributed by atoms with van der Waals surface area (Å²) in [5, 5.41) is 1.22. The lowest BCUT2D eigenvalue weighted by Crippen LogP contribution is -2.32. The van der Waals surface area contributed by atoms with Crippen molar-refractivity contribution in [3.63, 3.8) is 0 Å². The number of para-hydroxylation sites is 1. The van der Waals surface area contributed by atoms with Crippen LogP contribution in [0.2, 0.25) is 5.02 Å². The fraction of sp³-hybridized carbons (Fsp3) is 0.120. The molecule has 1 aliphatic rings. The molecule has 156 valence electrons. The first-order valence-electron chi connectivity index (χ1n) is 9.82. The third kappa shape index (κ3) is 4.68. The first-order chi connectivity index (χ1) is 15.1. The van der Waals surface area contributed by atoms with E-state index in [1.807, 2.05) is 73.7 Å². The third-order valence-corrected chi connectivity index (χ3v) is 6.18. The Morgan fingerprint density at radius 1 is 1.03 bits per heavy atom. The number of methoxy groups -OCH3 is 1. The second-order valence-corrected chi connectivity index (χ2v) is 8.43. The van der Waals surface area contributed by atoms with Crippen molar-refractivity contribution in [2.24, 2.45) is 4.99 Å². The summed E-state index contributed by atoms with van der Waals surface area (Å²) in [4.78, 5) is 20.6. The van der Waals surface area contributed by atoms with Gasteiger partial charge in [0.1, 0.15) is 5.75 Å². The molecule has 1 saturated heterocycles. The Balaban J connectivity index is 1.78. The first-order valence-corrected chi connectivity index (χ1v) is 11.0. The predicted molar refractivity (Wildman–Crippen MR) is 129 cm³/mol. The van der Waals surface area contributed by atoms with E-state index in [0.717, 1.165) is 16.8 Å². The van der Waals surface area contributed by atoms with Gasteiger partial charge in [-0.25, -0.2) is 4.99 Å². The minimum Gasteiger partial charge on any atom is -0.496 e. The molecule has 0 bridgehead atoms. The van der Waals surface area contributed by atoms with Gasteiger partial charge in [0, 0.05) is 10.6 Å². The molecule has 1 amide bonds. The molecule has 1 atom stereocenters. The molecule has 3 aromatic rings. The van der Waals surface area contributed by atoms with E-state index in [2.05, 4.69) is 0 Å². The number of ether oxygens (including phenoxy) is 1. The highest BCUT2D eigenvalue weighted by Gasteiger charge is 2.37. The molecule has 0 radical (unpaired) electrons.